The van der Waals surface area contributed by atoms with Crippen molar-refractivity contribution in [2.75, 3.05) is 0 Å². The molecule has 0 unspecified atom stereocenters. The van der Waals surface area contributed by atoms with Crippen LogP contribution in [-0.2, 0) is 0 Å². The van der Waals surface area contributed by atoms with Crippen molar-refractivity contribution in [2.24, 2.45) is 5.84 Å². The zero-order chi connectivity index (χ0) is 6.53. The van der Waals surface area contributed by atoms with Crippen molar-refractivity contribution in [2.45, 2.75) is 0 Å². The minimum atomic E-state index is 0.861. The molecule has 3 N–H and O–H groups in total. The highest BCUT2D eigenvalue weighted by atomic mass is 15.2. The second-order valence-electron chi connectivity index (χ2n) is 1.63. The Hall–Kier alpha value is -1.24. The Morgan fingerprint density at radius 1 is 1.44 bits per heavy atom. The number of hydrazine groups is 1. The van der Waals surface area contributed by atoms with Crippen molar-refractivity contribution in [1.29, 1.82) is 0 Å². The van der Waals surface area contributed by atoms with Gasteiger partial charge in [0.1, 0.15) is 0 Å². The topological polar surface area (TPSA) is 38.0 Å². The summed E-state index contributed by atoms with van der Waals surface area (Å²) in [5.74, 6) is 5.14. The molecule has 0 saturated carbocycles. The van der Waals surface area contributed by atoms with E-state index in [4.69, 9.17) is 5.84 Å². The second-order valence-corrected chi connectivity index (χ2v) is 1.63. The molecule has 2 heteroatoms. The molecule has 0 atom stereocenters. The molecule has 0 aromatic heterocycles. The third-order valence-electron chi connectivity index (χ3n) is 0.985. The number of hydrogen-bond donors (Lipinski definition) is 2. The number of nitrogens with two attached hydrogens (primary N) is 1. The molecule has 1 aliphatic rings. The maximum Gasteiger partial charge on any atom is 0.0562 e. The summed E-state index contributed by atoms with van der Waals surface area (Å²) >= 11 is 0. The van der Waals surface area contributed by atoms with E-state index in [1.807, 2.05) is 24.3 Å². The van der Waals surface area contributed by atoms with Crippen LogP contribution in [0.2, 0.25) is 0 Å². The van der Waals surface area contributed by atoms with E-state index in [9.17, 15) is 0 Å². The molecule has 0 heterocycles. The van der Waals surface area contributed by atoms with Crippen molar-refractivity contribution in [1.82, 2.24) is 5.43 Å². The lowest BCUT2D eigenvalue weighted by atomic mass is 10.4. The van der Waals surface area contributed by atoms with E-state index in [1.54, 1.807) is 6.08 Å². The van der Waals surface area contributed by atoms with Gasteiger partial charge in [0.15, 0.2) is 0 Å². The van der Waals surface area contributed by atoms with E-state index >= 15 is 0 Å². The second kappa shape index (κ2) is 2.92. The molecule has 0 aromatic carbocycles. The SMILES string of the molecule is NNC1=CC=CC=C=C1. The molecule has 0 spiro atoms. The highest BCUT2D eigenvalue weighted by molar-refractivity contribution is 5.26. The summed E-state index contributed by atoms with van der Waals surface area (Å²) < 4.78 is 0. The lowest BCUT2D eigenvalue weighted by Crippen LogP contribution is -2.19. The third-order valence-corrected chi connectivity index (χ3v) is 0.985. The summed E-state index contributed by atoms with van der Waals surface area (Å²) in [5.41, 5.74) is 6.28. The summed E-state index contributed by atoms with van der Waals surface area (Å²) in [6.07, 6.45) is 9.25. The monoisotopic (exact) mass is 120 g/mol. The Bertz CT molecular complexity index is 205. The predicted octanol–water partition coefficient (Wildman–Crippen LogP) is 0.615. The Kier molecular flexibility index (Phi) is 1.91. The molecule has 46 valence electrons. The van der Waals surface area contributed by atoms with Crippen molar-refractivity contribution in [3.8, 4) is 0 Å². The van der Waals surface area contributed by atoms with E-state index in [0.29, 0.717) is 0 Å². The third kappa shape index (κ3) is 1.61. The molecule has 0 bridgehead atoms. The van der Waals surface area contributed by atoms with Gasteiger partial charge in [0.25, 0.3) is 0 Å². The summed E-state index contributed by atoms with van der Waals surface area (Å²) in [4.78, 5) is 0. The fraction of sp³-hybridized carbons (Fsp3) is 0. The highest BCUT2D eigenvalue weighted by Crippen LogP contribution is 1.93. The minimum absolute atomic E-state index is 0.861. The quantitative estimate of drug-likeness (QED) is 0.302. The lowest BCUT2D eigenvalue weighted by molar-refractivity contribution is 0.917. The molecule has 0 amide bonds. The Balaban J connectivity index is 2.82. The number of nitrogens with one attached hydrogen (secondary N) is 1. The Labute approximate surface area is 54.0 Å². The van der Waals surface area contributed by atoms with Gasteiger partial charge in [-0.15, -0.1) is 5.73 Å². The minimum Gasteiger partial charge on any atom is -0.324 e. The van der Waals surface area contributed by atoms with Gasteiger partial charge in [0.2, 0.25) is 0 Å². The maximum atomic E-state index is 5.14. The number of hydrogen-bond acceptors (Lipinski definition) is 2. The van der Waals surface area contributed by atoms with Gasteiger partial charge in [0.05, 0.1) is 5.70 Å². The maximum absolute atomic E-state index is 5.14. The van der Waals surface area contributed by atoms with Gasteiger partial charge in [-0.05, 0) is 12.2 Å². The average molecular weight is 120 g/mol. The first kappa shape index (κ1) is 5.89. The first-order valence-corrected chi connectivity index (χ1v) is 2.69. The molecular formula is C7H8N2. The van der Waals surface area contributed by atoms with Gasteiger partial charge in [-0.1, -0.05) is 12.2 Å². The van der Waals surface area contributed by atoms with E-state index in [2.05, 4.69) is 11.2 Å². The predicted molar refractivity (Wildman–Crippen MR) is 37.2 cm³/mol. The molecule has 1 rings (SSSR count). The molecule has 0 fully saturated rings. The van der Waals surface area contributed by atoms with Crippen molar-refractivity contribution >= 4 is 0 Å². The summed E-state index contributed by atoms with van der Waals surface area (Å²) in [6.45, 7) is 0. The van der Waals surface area contributed by atoms with Gasteiger partial charge in [-0.2, -0.15) is 0 Å². The fourth-order valence-electron chi connectivity index (χ4n) is 0.546. The van der Waals surface area contributed by atoms with Gasteiger partial charge < -0.3 is 5.43 Å². The standard InChI is InChI=1S/C7H8N2/c8-9-7-5-3-1-2-4-6-7/h1-3,5-6,9H,8H2. The van der Waals surface area contributed by atoms with Crippen LogP contribution in [0.15, 0.2) is 41.8 Å². The molecular weight excluding hydrogens is 112 g/mol. The van der Waals surface area contributed by atoms with Crippen molar-refractivity contribution < 1.29 is 0 Å². The van der Waals surface area contributed by atoms with Crippen LogP contribution in [0, 0.1) is 0 Å². The van der Waals surface area contributed by atoms with Gasteiger partial charge in [-0.3, -0.25) is 5.84 Å². The van der Waals surface area contributed by atoms with Crippen LogP contribution >= 0.6 is 0 Å². The molecule has 0 radical (unpaired) electrons. The van der Waals surface area contributed by atoms with Crippen LogP contribution < -0.4 is 11.3 Å². The summed E-state index contributed by atoms with van der Waals surface area (Å²) in [7, 11) is 0. The summed E-state index contributed by atoms with van der Waals surface area (Å²) in [6, 6.07) is 0. The molecule has 0 aromatic rings. The van der Waals surface area contributed by atoms with Crippen LogP contribution in [0.25, 0.3) is 0 Å². The molecule has 9 heavy (non-hydrogen) atoms. The smallest absolute Gasteiger partial charge is 0.0562 e. The normalized spacial score (nSPS) is 15.0. The van der Waals surface area contributed by atoms with Crippen molar-refractivity contribution in [3.05, 3.63) is 41.8 Å². The fourth-order valence-corrected chi connectivity index (χ4v) is 0.546. The van der Waals surface area contributed by atoms with Crippen LogP contribution in [0.4, 0.5) is 0 Å². The van der Waals surface area contributed by atoms with Crippen LogP contribution in [-0.4, -0.2) is 0 Å². The highest BCUT2D eigenvalue weighted by Gasteiger charge is 1.82. The van der Waals surface area contributed by atoms with Crippen molar-refractivity contribution in [3.63, 3.8) is 0 Å². The van der Waals surface area contributed by atoms with Crippen LogP contribution in [0.1, 0.15) is 0 Å². The van der Waals surface area contributed by atoms with E-state index in [0.717, 1.165) is 5.70 Å². The first-order chi connectivity index (χ1) is 4.43. The van der Waals surface area contributed by atoms with Crippen LogP contribution in [0.3, 0.4) is 0 Å². The molecule has 1 aliphatic carbocycles. The zero-order valence-corrected chi connectivity index (χ0v) is 4.96. The first-order valence-electron chi connectivity index (χ1n) is 2.69. The number of rotatable bonds is 1. The van der Waals surface area contributed by atoms with E-state index in [-0.39, 0.29) is 0 Å². The largest absolute Gasteiger partial charge is 0.324 e. The summed E-state index contributed by atoms with van der Waals surface area (Å²) in [5, 5.41) is 0. The Morgan fingerprint density at radius 3 is 3.11 bits per heavy atom. The van der Waals surface area contributed by atoms with Gasteiger partial charge >= 0.3 is 0 Å². The zero-order valence-electron chi connectivity index (χ0n) is 4.96. The number of allylic oxidation sites excluding steroid dienone is 4. The van der Waals surface area contributed by atoms with E-state index < -0.39 is 0 Å². The van der Waals surface area contributed by atoms with Crippen LogP contribution in [0.5, 0.6) is 0 Å². The van der Waals surface area contributed by atoms with E-state index in [1.165, 1.54) is 0 Å². The van der Waals surface area contributed by atoms with Gasteiger partial charge in [-0.25, -0.2) is 0 Å². The molecule has 0 aliphatic heterocycles. The van der Waals surface area contributed by atoms with Gasteiger partial charge in [0, 0.05) is 6.08 Å². The molecule has 2 nitrogen and oxygen atoms in total. The molecule has 0 saturated heterocycles. The Morgan fingerprint density at radius 2 is 2.33 bits per heavy atom. The average Bonchev–Trinajstić information content (AvgIpc) is 2.13. The lowest BCUT2D eigenvalue weighted by Gasteiger charge is -1.93.